The summed E-state index contributed by atoms with van der Waals surface area (Å²) < 4.78 is 29.9. The van der Waals surface area contributed by atoms with E-state index >= 15 is 0 Å². The highest BCUT2D eigenvalue weighted by Crippen LogP contribution is 2.22. The van der Waals surface area contributed by atoms with E-state index in [1.807, 2.05) is 6.92 Å². The van der Waals surface area contributed by atoms with Crippen molar-refractivity contribution in [2.45, 2.75) is 18.2 Å². The highest BCUT2D eigenvalue weighted by molar-refractivity contribution is 7.92. The number of nitrogens with zero attached hydrogens (tertiary/aromatic N) is 4. The van der Waals surface area contributed by atoms with Crippen LogP contribution in [0.5, 0.6) is 0 Å². The van der Waals surface area contributed by atoms with E-state index in [4.69, 9.17) is 5.73 Å². The van der Waals surface area contributed by atoms with E-state index < -0.39 is 10.0 Å². The van der Waals surface area contributed by atoms with E-state index in [1.165, 1.54) is 10.9 Å². The Morgan fingerprint density at radius 3 is 2.42 bits per heavy atom. The van der Waals surface area contributed by atoms with Gasteiger partial charge in [0.25, 0.3) is 10.0 Å². The van der Waals surface area contributed by atoms with Crippen LogP contribution in [0.1, 0.15) is 12.6 Å². The molecular weight excluding hydrogens is 268 g/mol. The third kappa shape index (κ3) is 2.55. The maximum Gasteiger partial charge on any atom is 0.267 e. The van der Waals surface area contributed by atoms with Gasteiger partial charge < -0.3 is 5.73 Å². The fourth-order valence-corrected chi connectivity index (χ4v) is 2.95. The molecule has 0 unspecified atom stereocenters. The number of hydrogen-bond acceptors (Lipinski definition) is 5. The first-order valence-corrected chi connectivity index (χ1v) is 7.16. The summed E-state index contributed by atoms with van der Waals surface area (Å²) in [5, 5.41) is 7.99. The summed E-state index contributed by atoms with van der Waals surface area (Å²) in [5.74, 6) is -0.0306. The van der Waals surface area contributed by atoms with E-state index in [-0.39, 0.29) is 10.7 Å². The number of nitrogens with one attached hydrogen (secondary N) is 1. The Morgan fingerprint density at radius 2 is 1.89 bits per heavy atom. The molecule has 104 valence electrons. The van der Waals surface area contributed by atoms with Gasteiger partial charge in [-0.15, -0.1) is 0 Å². The molecule has 0 atom stereocenters. The number of nitrogen functional groups attached to an aromatic ring is 1. The Morgan fingerprint density at radius 1 is 1.26 bits per heavy atom. The molecule has 0 aliphatic carbocycles. The first-order chi connectivity index (χ1) is 8.83. The molecule has 19 heavy (non-hydrogen) atoms. The van der Waals surface area contributed by atoms with Crippen molar-refractivity contribution >= 4 is 21.5 Å². The Hall–Kier alpha value is -2.03. The molecule has 0 amide bonds. The minimum atomic E-state index is -3.75. The normalized spacial score (nSPS) is 11.7. The van der Waals surface area contributed by atoms with Crippen LogP contribution in [0.2, 0.25) is 0 Å². The maximum atomic E-state index is 12.2. The maximum absolute atomic E-state index is 12.2. The highest BCUT2D eigenvalue weighted by atomic mass is 32.2. The van der Waals surface area contributed by atoms with Crippen LogP contribution in [-0.2, 0) is 30.5 Å². The summed E-state index contributed by atoms with van der Waals surface area (Å²) in [6, 6.07) is 0. The number of rotatable bonds is 4. The zero-order chi connectivity index (χ0) is 14.2. The first kappa shape index (κ1) is 13.4. The molecule has 0 aliphatic heterocycles. The van der Waals surface area contributed by atoms with Crippen LogP contribution in [0.25, 0.3) is 0 Å². The highest BCUT2D eigenvalue weighted by Gasteiger charge is 2.22. The lowest BCUT2D eigenvalue weighted by molar-refractivity contribution is 0.601. The van der Waals surface area contributed by atoms with Crippen molar-refractivity contribution in [3.05, 3.63) is 18.1 Å². The average molecular weight is 284 g/mol. The Balaban J connectivity index is 2.39. The molecule has 0 radical (unpaired) electrons. The predicted octanol–water partition coefficient (Wildman–Crippen LogP) is 0.0990. The van der Waals surface area contributed by atoms with E-state index in [0.29, 0.717) is 17.8 Å². The van der Waals surface area contributed by atoms with Gasteiger partial charge in [0.2, 0.25) is 0 Å². The number of nitrogens with two attached hydrogens (primary N) is 1. The fraction of sp³-hybridized carbons (Fsp3) is 0.400. The van der Waals surface area contributed by atoms with Crippen LogP contribution in [0.4, 0.5) is 11.5 Å². The standard InChI is InChI=1S/C10H16N6O2S/c1-4-7-8(5-15(2)12-7)14-19(17,18)9-6-16(3)13-10(9)11/h5-6,14H,4H2,1-3H3,(H2,11,13). The van der Waals surface area contributed by atoms with Crippen LogP contribution in [0.15, 0.2) is 17.3 Å². The van der Waals surface area contributed by atoms with Gasteiger partial charge in [0.05, 0.1) is 11.4 Å². The topological polar surface area (TPSA) is 108 Å². The number of anilines is 2. The molecule has 2 rings (SSSR count). The van der Waals surface area contributed by atoms with Gasteiger partial charge in [-0.2, -0.15) is 10.2 Å². The Kier molecular flexibility index (Phi) is 3.23. The van der Waals surface area contributed by atoms with Crippen molar-refractivity contribution in [2.24, 2.45) is 14.1 Å². The van der Waals surface area contributed by atoms with Gasteiger partial charge in [-0.3, -0.25) is 14.1 Å². The lowest BCUT2D eigenvalue weighted by Crippen LogP contribution is -2.14. The summed E-state index contributed by atoms with van der Waals surface area (Å²) in [6.07, 6.45) is 3.60. The van der Waals surface area contributed by atoms with Gasteiger partial charge in [-0.05, 0) is 6.42 Å². The minimum absolute atomic E-state index is 0.0306. The van der Waals surface area contributed by atoms with Gasteiger partial charge in [0, 0.05) is 26.5 Å². The van der Waals surface area contributed by atoms with Crippen LogP contribution in [-0.4, -0.2) is 28.0 Å². The molecule has 0 aliphatic rings. The molecule has 8 nitrogen and oxygen atoms in total. The fourth-order valence-electron chi connectivity index (χ4n) is 1.77. The van der Waals surface area contributed by atoms with Crippen molar-refractivity contribution in [2.75, 3.05) is 10.5 Å². The molecule has 0 saturated heterocycles. The summed E-state index contributed by atoms with van der Waals surface area (Å²) in [4.78, 5) is -0.0408. The van der Waals surface area contributed by atoms with Gasteiger partial charge in [0.1, 0.15) is 4.90 Å². The van der Waals surface area contributed by atoms with Crippen LogP contribution in [0, 0.1) is 0 Å². The molecule has 0 aromatic carbocycles. The van der Waals surface area contributed by atoms with Crippen molar-refractivity contribution < 1.29 is 8.42 Å². The molecule has 9 heteroatoms. The third-order valence-corrected chi connectivity index (χ3v) is 3.98. The first-order valence-electron chi connectivity index (χ1n) is 5.68. The molecule has 0 bridgehead atoms. The van der Waals surface area contributed by atoms with Crippen molar-refractivity contribution in [1.29, 1.82) is 0 Å². The summed E-state index contributed by atoms with van der Waals surface area (Å²) in [6.45, 7) is 1.90. The van der Waals surface area contributed by atoms with E-state index in [9.17, 15) is 8.42 Å². The van der Waals surface area contributed by atoms with Gasteiger partial charge in [0.15, 0.2) is 5.82 Å². The SMILES string of the molecule is CCc1nn(C)cc1NS(=O)(=O)c1cn(C)nc1N. The molecule has 2 heterocycles. The van der Waals surface area contributed by atoms with Crippen LogP contribution < -0.4 is 10.5 Å². The summed E-state index contributed by atoms with van der Waals surface area (Å²) in [7, 11) is -0.414. The lowest BCUT2D eigenvalue weighted by Gasteiger charge is -2.05. The molecule has 2 aromatic heterocycles. The van der Waals surface area contributed by atoms with E-state index in [0.717, 1.165) is 0 Å². The predicted molar refractivity (Wildman–Crippen MR) is 71.0 cm³/mol. The zero-order valence-corrected chi connectivity index (χ0v) is 11.8. The number of aromatic nitrogens is 4. The van der Waals surface area contributed by atoms with Crippen LogP contribution in [0.3, 0.4) is 0 Å². The molecule has 3 N–H and O–H groups in total. The van der Waals surface area contributed by atoms with E-state index in [2.05, 4.69) is 14.9 Å². The van der Waals surface area contributed by atoms with Gasteiger partial charge >= 0.3 is 0 Å². The number of hydrogen-bond donors (Lipinski definition) is 2. The number of aryl methyl sites for hydroxylation is 3. The van der Waals surface area contributed by atoms with Crippen molar-refractivity contribution in [3.63, 3.8) is 0 Å². The Labute approximate surface area is 111 Å². The average Bonchev–Trinajstić information content (AvgIpc) is 2.81. The summed E-state index contributed by atoms with van der Waals surface area (Å²) in [5.41, 5.74) is 6.71. The molecule has 0 spiro atoms. The van der Waals surface area contributed by atoms with Gasteiger partial charge in [-0.1, -0.05) is 6.92 Å². The largest absolute Gasteiger partial charge is 0.381 e. The lowest BCUT2D eigenvalue weighted by atomic mass is 10.3. The second-order valence-electron chi connectivity index (χ2n) is 4.17. The molecule has 2 aromatic rings. The van der Waals surface area contributed by atoms with Crippen LogP contribution >= 0.6 is 0 Å². The van der Waals surface area contributed by atoms with Crippen molar-refractivity contribution in [3.8, 4) is 0 Å². The quantitative estimate of drug-likeness (QED) is 0.827. The molecule has 0 fully saturated rings. The monoisotopic (exact) mass is 284 g/mol. The third-order valence-electron chi connectivity index (χ3n) is 2.60. The zero-order valence-electron chi connectivity index (χ0n) is 11.0. The smallest absolute Gasteiger partial charge is 0.267 e. The Bertz CT molecular complexity index is 700. The number of sulfonamides is 1. The second-order valence-corrected chi connectivity index (χ2v) is 5.83. The van der Waals surface area contributed by atoms with Gasteiger partial charge in [-0.25, -0.2) is 8.42 Å². The molecule has 0 saturated carbocycles. The van der Waals surface area contributed by atoms with E-state index in [1.54, 1.807) is 25.0 Å². The summed E-state index contributed by atoms with van der Waals surface area (Å²) >= 11 is 0. The second kappa shape index (κ2) is 4.57. The van der Waals surface area contributed by atoms with Crippen molar-refractivity contribution in [1.82, 2.24) is 19.6 Å². The minimum Gasteiger partial charge on any atom is -0.381 e. The molecular formula is C10H16N6O2S.